The molecule has 0 saturated heterocycles. The summed E-state index contributed by atoms with van der Waals surface area (Å²) in [5, 5.41) is 9.28. The zero-order valence-corrected chi connectivity index (χ0v) is 4.13. The van der Waals surface area contributed by atoms with Crippen LogP contribution in [0.4, 0.5) is 0 Å². The fourth-order valence-electron chi connectivity index (χ4n) is 0.170. The van der Waals surface area contributed by atoms with Gasteiger partial charge < -0.3 is 16.7 Å². The van der Waals surface area contributed by atoms with E-state index in [1.165, 1.54) is 0 Å². The summed E-state index contributed by atoms with van der Waals surface area (Å²) in [5.41, 5.74) is 9.70. The van der Waals surface area contributed by atoms with Crippen LogP contribution in [0.3, 0.4) is 0 Å². The van der Waals surface area contributed by atoms with Crippen LogP contribution in [0.2, 0.25) is 0 Å². The lowest BCUT2D eigenvalue weighted by Crippen LogP contribution is -3.02. The van der Waals surface area contributed by atoms with Crippen molar-refractivity contribution in [2.24, 2.45) is 17.4 Å². The van der Waals surface area contributed by atoms with E-state index in [0.29, 0.717) is 0 Å². The molecule has 0 fully saturated rings. The van der Waals surface area contributed by atoms with E-state index in [2.05, 4.69) is 10.8 Å². The lowest BCUT2D eigenvalue weighted by atomic mass is 10.8. The maximum atomic E-state index is 10.0. The van der Waals surface area contributed by atoms with Crippen molar-refractivity contribution in [3.8, 4) is 0 Å². The normalized spacial score (nSPS) is 12.8. The van der Waals surface area contributed by atoms with E-state index in [0.717, 1.165) is 6.20 Å². The van der Waals surface area contributed by atoms with Gasteiger partial charge in [-0.25, -0.2) is 0 Å². The molecular weight excluding hydrogens is 112 g/mol. The molecule has 0 bridgehead atoms. The molecule has 0 aromatic heterocycles. The third-order valence-electron chi connectivity index (χ3n) is 0.401. The molecule has 0 heterocycles. The fraction of sp³-hybridized carbons (Fsp3) is 0. The Balaban J connectivity index is 3.51. The molecule has 6 heteroatoms. The Morgan fingerprint density at radius 1 is 1.62 bits per heavy atom. The highest BCUT2D eigenvalue weighted by Crippen LogP contribution is 1.53. The zero-order chi connectivity index (χ0) is 6.57. The van der Waals surface area contributed by atoms with Crippen molar-refractivity contribution < 1.29 is 10.2 Å². The lowest BCUT2D eigenvalue weighted by molar-refractivity contribution is -1.01. The van der Waals surface area contributed by atoms with Gasteiger partial charge in [-0.2, -0.15) is 11.1 Å². The van der Waals surface area contributed by atoms with Crippen LogP contribution in [0.1, 0.15) is 0 Å². The lowest BCUT2D eigenvalue weighted by Gasteiger charge is -2.09. The summed E-state index contributed by atoms with van der Waals surface area (Å²) in [4.78, 5) is 3.69. The monoisotopic (exact) mass is 120 g/mol. The van der Waals surface area contributed by atoms with Crippen LogP contribution in [0, 0.1) is 5.21 Å². The Morgan fingerprint density at radius 2 is 2.12 bits per heavy atom. The van der Waals surface area contributed by atoms with Gasteiger partial charge in [0.1, 0.15) is 0 Å². The second kappa shape index (κ2) is 3.22. The first-order valence-corrected chi connectivity index (χ1v) is 1.80. The number of hydrogen-bond acceptors (Lipinski definition) is 5. The van der Waals surface area contributed by atoms with Gasteiger partial charge in [-0.15, -0.1) is 4.94 Å². The molecule has 0 aromatic carbocycles. The van der Waals surface area contributed by atoms with E-state index in [4.69, 9.17) is 11.5 Å². The van der Waals surface area contributed by atoms with Gasteiger partial charge in [0.15, 0.2) is 12.0 Å². The van der Waals surface area contributed by atoms with Gasteiger partial charge in [-0.3, -0.25) is 0 Å². The minimum Gasteiger partial charge on any atom is -0.593 e. The van der Waals surface area contributed by atoms with Crippen molar-refractivity contribution in [3.63, 3.8) is 0 Å². The summed E-state index contributed by atoms with van der Waals surface area (Å²) in [6.07, 6.45) is 0.875. The molecule has 0 aliphatic carbocycles. The Bertz CT molecular complexity index is 88.0. The second-order valence-electron chi connectivity index (χ2n) is 1.08. The van der Waals surface area contributed by atoms with E-state index in [9.17, 15) is 5.21 Å². The predicted octanol–water partition coefficient (Wildman–Crippen LogP) is -3.11. The molecule has 0 rings (SSSR count). The number of nitrogens with one attached hydrogen (secondary N) is 1. The minimum absolute atomic E-state index is 0.125. The predicted molar refractivity (Wildman–Crippen MR) is 26.1 cm³/mol. The molecule has 48 valence electrons. The maximum Gasteiger partial charge on any atom is 0.169 e. The highest BCUT2D eigenvalue weighted by atomic mass is 16.9. The first-order valence-electron chi connectivity index (χ1n) is 1.80. The Kier molecular flexibility index (Phi) is 2.89. The van der Waals surface area contributed by atoms with Crippen LogP contribution in [0.25, 0.3) is 0 Å². The smallest absolute Gasteiger partial charge is 0.169 e. The van der Waals surface area contributed by atoms with E-state index >= 15 is 0 Å². The first-order chi connectivity index (χ1) is 3.66. The molecule has 0 aliphatic rings. The number of hydroxylamine groups is 2. The molecule has 8 heavy (non-hydrogen) atoms. The molecule has 0 saturated carbocycles. The van der Waals surface area contributed by atoms with E-state index in [-0.39, 0.29) is 5.82 Å². The highest BCUT2D eigenvalue weighted by Gasteiger charge is 1.86. The number of hydrogen-bond donors (Lipinski definition) is 4. The van der Waals surface area contributed by atoms with Gasteiger partial charge in [0.05, 0.1) is 0 Å². The Hall–Kier alpha value is -0.820. The Labute approximate surface area is 46.0 Å². The van der Waals surface area contributed by atoms with Gasteiger partial charge >= 0.3 is 0 Å². The summed E-state index contributed by atoms with van der Waals surface area (Å²) in [7, 11) is 0. The third-order valence-corrected chi connectivity index (χ3v) is 0.401. The maximum absolute atomic E-state index is 10.0. The summed E-state index contributed by atoms with van der Waals surface area (Å²) >= 11 is 0. The molecule has 0 aromatic rings. The molecule has 0 amide bonds. The van der Waals surface area contributed by atoms with Crippen molar-refractivity contribution in [1.29, 1.82) is 0 Å². The van der Waals surface area contributed by atoms with Gasteiger partial charge in [0.2, 0.25) is 0 Å². The second-order valence-corrected chi connectivity index (χ2v) is 1.08. The molecule has 0 radical (unpaired) electrons. The number of quaternary nitrogens is 1. The van der Waals surface area contributed by atoms with Crippen LogP contribution < -0.4 is 22.6 Å². The topological polar surface area (TPSA) is 115 Å². The van der Waals surface area contributed by atoms with Gasteiger partial charge in [0.25, 0.3) is 0 Å². The first kappa shape index (κ1) is 7.18. The fourth-order valence-corrected chi connectivity index (χ4v) is 0.170. The molecule has 0 aliphatic heterocycles. The highest BCUT2D eigenvalue weighted by molar-refractivity contribution is 4.80. The van der Waals surface area contributed by atoms with Crippen LogP contribution in [0.15, 0.2) is 12.0 Å². The summed E-state index contributed by atoms with van der Waals surface area (Å²) in [5.74, 6) is 4.29. The van der Waals surface area contributed by atoms with Crippen molar-refractivity contribution in [2.75, 3.05) is 0 Å². The van der Waals surface area contributed by atoms with Crippen LogP contribution in [-0.2, 0) is 4.94 Å². The molecular formula is C2H8N4O2. The average molecular weight is 120 g/mol. The largest absolute Gasteiger partial charge is 0.593 e. The van der Waals surface area contributed by atoms with Crippen LogP contribution >= 0.6 is 0 Å². The zero-order valence-electron chi connectivity index (χ0n) is 4.13. The van der Waals surface area contributed by atoms with E-state index in [1.807, 2.05) is 0 Å². The van der Waals surface area contributed by atoms with Crippen molar-refractivity contribution in [3.05, 3.63) is 17.2 Å². The summed E-state index contributed by atoms with van der Waals surface area (Å²) < 4.78 is 0. The summed E-state index contributed by atoms with van der Waals surface area (Å²) in [6, 6.07) is 0. The minimum atomic E-state index is -0.759. The van der Waals surface area contributed by atoms with Crippen LogP contribution in [-0.4, -0.2) is 0 Å². The molecule has 7 N–H and O–H groups in total. The molecule has 6 nitrogen and oxygen atoms in total. The standard InChI is InChI=1S/C2H8N4O2/c3-2(4)1-6(7)8-5/h1,6H,3-5H2. The van der Waals surface area contributed by atoms with Gasteiger partial charge in [-0.05, 0) is 0 Å². The van der Waals surface area contributed by atoms with Crippen molar-refractivity contribution >= 4 is 0 Å². The Morgan fingerprint density at radius 3 is 2.25 bits per heavy atom. The van der Waals surface area contributed by atoms with Crippen molar-refractivity contribution in [1.82, 2.24) is 0 Å². The summed E-state index contributed by atoms with van der Waals surface area (Å²) in [6.45, 7) is 0. The molecule has 0 spiro atoms. The molecule has 1 unspecified atom stereocenters. The SMILES string of the molecule is NO[NH+]([O-])C=C(N)N. The number of rotatable bonds is 2. The van der Waals surface area contributed by atoms with E-state index in [1.54, 1.807) is 0 Å². The third kappa shape index (κ3) is 3.37. The average Bonchev–Trinajstić information content (AvgIpc) is 1.65. The quantitative estimate of drug-likeness (QED) is 0.288. The van der Waals surface area contributed by atoms with Crippen molar-refractivity contribution in [2.45, 2.75) is 0 Å². The van der Waals surface area contributed by atoms with E-state index < -0.39 is 5.23 Å². The van der Waals surface area contributed by atoms with Gasteiger partial charge in [-0.1, -0.05) is 0 Å². The molecule has 1 atom stereocenters. The number of nitrogens with two attached hydrogens (primary N) is 3. The van der Waals surface area contributed by atoms with Crippen LogP contribution in [0.5, 0.6) is 0 Å². The van der Waals surface area contributed by atoms with Gasteiger partial charge in [0, 0.05) is 0 Å².